The molecule has 15 heterocycles. The number of imidazole rings is 5. The van der Waals surface area contributed by atoms with Gasteiger partial charge >= 0.3 is 11.9 Å². The summed E-state index contributed by atoms with van der Waals surface area (Å²) in [6.45, 7) is 25.2. The summed E-state index contributed by atoms with van der Waals surface area (Å²) in [4.78, 5) is 75.7. The number of morpholine rings is 1. The Balaban J connectivity index is 0.000000120. The van der Waals surface area contributed by atoms with Crippen LogP contribution in [0.4, 0.5) is 26.3 Å². The van der Waals surface area contributed by atoms with Crippen LogP contribution in [0, 0.1) is 69.7 Å². The first kappa shape index (κ1) is 98.8. The molecule has 29 heteroatoms. The number of ether oxygens (including phenoxy) is 3. The number of rotatable bonds is 22. The monoisotopic (exact) mass is 1940 g/mol. The second-order valence-corrected chi connectivity index (χ2v) is 35.7. The molecule has 0 saturated carbocycles. The minimum absolute atomic E-state index is 0.196. The molecule has 2 aliphatic rings. The Hall–Kier alpha value is -16.3. The lowest BCUT2D eigenvalue weighted by molar-refractivity contribution is 0.0369. The Morgan fingerprint density at radius 1 is 0.352 bits per heavy atom. The van der Waals surface area contributed by atoms with Crippen LogP contribution in [0.2, 0.25) is 0 Å². The number of pyridine rings is 8. The van der Waals surface area contributed by atoms with Crippen LogP contribution in [0.25, 0.3) is 151 Å². The molecule has 0 atom stereocenters. The van der Waals surface area contributed by atoms with E-state index in [1.165, 1.54) is 36.5 Å². The van der Waals surface area contributed by atoms with Gasteiger partial charge < -0.3 is 37.5 Å². The predicted molar refractivity (Wildman–Crippen MR) is 554 cm³/mol. The summed E-state index contributed by atoms with van der Waals surface area (Å²) in [5.74, 6) is -2.12. The molecule has 23 nitrogen and oxygen atoms in total. The number of likely N-dealkylation sites (N-methyl/N-ethyl adjacent to an activating group) is 1. The van der Waals surface area contributed by atoms with Crippen LogP contribution in [0.15, 0.2) is 305 Å². The average Bonchev–Trinajstić information content (AvgIpc) is 1.94. The maximum Gasteiger partial charge on any atom is 0.374 e. The zero-order valence-electron chi connectivity index (χ0n) is 81.5. The quantitative estimate of drug-likeness (QED) is 0.0454. The molecule has 22 rings (SSSR count). The topological polar surface area (TPSA) is 224 Å². The van der Waals surface area contributed by atoms with E-state index < -0.39 is 17.9 Å². The van der Waals surface area contributed by atoms with E-state index in [4.69, 9.17) is 14.2 Å². The van der Waals surface area contributed by atoms with Gasteiger partial charge in [-0.2, -0.15) is 4.39 Å². The number of carbonyl (C=O) groups excluding carboxylic acids is 2. The number of fused-ring (bicyclic) bond motifs is 5. The number of piperazine rings is 1. The lowest BCUT2D eigenvalue weighted by Gasteiger charge is -2.32. The highest BCUT2D eigenvalue weighted by atomic mass is 19.1. The Morgan fingerprint density at radius 2 is 0.717 bits per heavy atom. The van der Waals surface area contributed by atoms with Crippen molar-refractivity contribution in [1.29, 1.82) is 0 Å². The highest BCUT2D eigenvalue weighted by molar-refractivity contribution is 5.92. The summed E-state index contributed by atoms with van der Waals surface area (Å²) in [6.07, 6.45) is 24.8. The molecule has 7 aromatic carbocycles. The van der Waals surface area contributed by atoms with Gasteiger partial charge in [-0.05, 0) is 295 Å². The minimum Gasteiger partial charge on any atom is -0.460 e. The van der Waals surface area contributed by atoms with E-state index in [0.717, 1.165) is 237 Å². The number of esters is 2. The number of aryl methyl sites for hydroxylation is 7. The Bertz CT molecular complexity index is 8080. The van der Waals surface area contributed by atoms with Crippen molar-refractivity contribution in [3.05, 3.63) is 380 Å². The first-order valence-electron chi connectivity index (χ1n) is 48.2. The molecule has 2 fully saturated rings. The van der Waals surface area contributed by atoms with Gasteiger partial charge in [-0.15, -0.1) is 0 Å². The fraction of sp³-hybridized carbons (Fsp3) is 0.207. The largest absolute Gasteiger partial charge is 0.460 e. The molecule has 0 radical (unpaired) electrons. The fourth-order valence-corrected chi connectivity index (χ4v) is 18.1. The van der Waals surface area contributed by atoms with Crippen LogP contribution in [0.3, 0.4) is 0 Å². The molecule has 2 aliphatic heterocycles. The van der Waals surface area contributed by atoms with E-state index >= 15 is 0 Å². The van der Waals surface area contributed by atoms with Crippen molar-refractivity contribution in [2.75, 3.05) is 85.8 Å². The van der Waals surface area contributed by atoms with E-state index in [1.807, 2.05) is 116 Å². The van der Waals surface area contributed by atoms with Crippen LogP contribution in [-0.4, -0.2) is 185 Å². The molecular weight excluding hydrogens is 1840 g/mol. The number of halogens is 6. The molecule has 0 unspecified atom stereocenters. The molecule has 0 amide bonds. The van der Waals surface area contributed by atoms with Crippen LogP contribution in [0.5, 0.6) is 0 Å². The second-order valence-electron chi connectivity index (χ2n) is 35.7. The number of hydrogen-bond acceptors (Lipinski definition) is 18. The third-order valence-electron chi connectivity index (χ3n) is 25.8. The molecule has 20 aromatic rings. The van der Waals surface area contributed by atoms with E-state index in [2.05, 4.69) is 129 Å². The Morgan fingerprint density at radius 3 is 1.13 bits per heavy atom. The SMILES string of the molecule is CCOC(=O)c1ncc2cc(-c3cccnc3-c3ccc(F)c(C)c3)ccn12.CCOC(=O)c1ncc2ccc(-c3cccnc3-c3ccc(F)c(C)c3)cn12.Cc1cc(-c2ncccc2-c2ccc3nc(F)cn3c2)ccc1F.Cc1cc(-c2ncccc2-c2ccc3ncn(CCCN4CCN(C)CC4)c3c2)ccc1F.Cc1cc(-c2ncccc2-c2ccc3ncn(CCCN4CCOCC4)c3c2)ccc1F. The molecule has 2 saturated heterocycles. The number of aromatic nitrogens is 15. The fourth-order valence-electron chi connectivity index (χ4n) is 18.1. The predicted octanol–water partition coefficient (Wildman–Crippen LogP) is 23.8. The van der Waals surface area contributed by atoms with Gasteiger partial charge in [0.15, 0.2) is 0 Å². The maximum absolute atomic E-state index is 13.8. The van der Waals surface area contributed by atoms with Crippen LogP contribution >= 0.6 is 0 Å². The van der Waals surface area contributed by atoms with E-state index in [1.54, 1.807) is 166 Å². The zero-order chi connectivity index (χ0) is 101. The van der Waals surface area contributed by atoms with Gasteiger partial charge in [0.1, 0.15) is 34.7 Å². The van der Waals surface area contributed by atoms with Crippen molar-refractivity contribution in [2.45, 2.75) is 74.4 Å². The van der Waals surface area contributed by atoms with E-state index in [9.17, 15) is 35.9 Å². The van der Waals surface area contributed by atoms with Gasteiger partial charge in [0.2, 0.25) is 17.6 Å². The summed E-state index contributed by atoms with van der Waals surface area (Å²) >= 11 is 0. The Labute approximate surface area is 834 Å². The summed E-state index contributed by atoms with van der Waals surface area (Å²) in [5, 5.41) is 0. The number of benzene rings is 7. The van der Waals surface area contributed by atoms with Crippen molar-refractivity contribution >= 4 is 50.7 Å². The lowest BCUT2D eigenvalue weighted by atomic mass is 9.98. The Kier molecular flexibility index (Phi) is 30.9. The van der Waals surface area contributed by atoms with Crippen LogP contribution in [0.1, 0.15) is 75.7 Å². The van der Waals surface area contributed by atoms with Gasteiger partial charge in [0, 0.05) is 175 Å². The van der Waals surface area contributed by atoms with Crippen LogP contribution < -0.4 is 0 Å². The molecule has 13 aromatic heterocycles. The average molecular weight is 1950 g/mol. The standard InChI is InChI=1S/C27H30FN5.C26H27FN4O.2C22H18FN3O2.C19H13F2N3/c1-20-17-22(6-8-24(20)28)27-23(5-3-10-29-27)21-7-9-25-26(18-21)33(19-30-25)12-4-11-32-15-13-31(2)14-16-32;1-19-16-21(5-7-23(19)27)26-22(4-2-9-28-26)20-6-8-24-25(17-20)31(18-29-24)11-3-10-30-12-14-32-15-13-30;1-3-28-22(27)21-25-12-17-8-6-16(13-26(17)21)18-5-4-10-24-20(18)15-7-9-19(23)14(2)11-15;1-3-28-22(27)21-25-13-17-12-15(8-10-26(17)21)18-5-4-9-24-20(18)16-6-7-19(23)14(2)11-16;1-12-9-13(4-6-16(12)20)19-15(3-2-8-22-19)14-5-7-18-23-17(21)11-24(18)10-14/h3,5-10,17-19H,4,11-16H2,1-2H3;2,4-9,16-18H,3,10-15H2,1H3;2*4-13H,3H2,1-2H3;2-11H,1H3. The van der Waals surface area contributed by atoms with Gasteiger partial charge in [0.05, 0.1) is 119 Å². The molecule has 0 bridgehead atoms. The molecule has 0 N–H and O–H groups in total. The number of carbonyl (C=O) groups is 2. The van der Waals surface area contributed by atoms with Crippen molar-refractivity contribution < 1.29 is 50.1 Å². The van der Waals surface area contributed by atoms with Crippen molar-refractivity contribution in [2.24, 2.45) is 0 Å². The van der Waals surface area contributed by atoms with Gasteiger partial charge in [-0.25, -0.2) is 56.5 Å². The molecule has 732 valence electrons. The minimum atomic E-state index is -0.521. The number of hydrogen-bond donors (Lipinski definition) is 0. The summed E-state index contributed by atoms with van der Waals surface area (Å²) in [5.41, 5.74) is 27.2. The third-order valence-corrected chi connectivity index (χ3v) is 25.8. The van der Waals surface area contributed by atoms with E-state index in [0.29, 0.717) is 40.1 Å². The number of nitrogens with zero attached hydrogens (tertiary/aromatic N) is 18. The first-order chi connectivity index (χ1) is 70.5. The van der Waals surface area contributed by atoms with Crippen molar-refractivity contribution in [3.8, 4) is 112 Å². The van der Waals surface area contributed by atoms with Crippen molar-refractivity contribution in [3.63, 3.8) is 0 Å². The summed E-state index contributed by atoms with van der Waals surface area (Å²) in [7, 11) is 2.19. The van der Waals surface area contributed by atoms with Crippen molar-refractivity contribution in [1.82, 2.24) is 86.9 Å². The van der Waals surface area contributed by atoms with Gasteiger partial charge in [-0.3, -0.25) is 38.6 Å². The second kappa shape index (κ2) is 45.3. The molecule has 0 spiro atoms. The van der Waals surface area contributed by atoms with E-state index in [-0.39, 0.29) is 47.3 Å². The third kappa shape index (κ3) is 22.9. The summed E-state index contributed by atoms with van der Waals surface area (Å²) in [6, 6.07) is 68.6. The first-order valence-corrected chi connectivity index (χ1v) is 48.2. The highest BCUT2D eigenvalue weighted by Crippen LogP contribution is 2.40. The maximum atomic E-state index is 13.8. The molecule has 145 heavy (non-hydrogen) atoms. The lowest BCUT2D eigenvalue weighted by Crippen LogP contribution is -2.44. The van der Waals surface area contributed by atoms with Gasteiger partial charge in [0.25, 0.3) is 0 Å². The molecular formula is C116H106F6N18O5. The zero-order valence-corrected chi connectivity index (χ0v) is 81.5. The normalized spacial score (nSPS) is 12.8. The molecule has 0 aliphatic carbocycles. The highest BCUT2D eigenvalue weighted by Gasteiger charge is 2.24. The van der Waals surface area contributed by atoms with Crippen LogP contribution in [-0.2, 0) is 27.3 Å². The smallest absolute Gasteiger partial charge is 0.374 e. The van der Waals surface area contributed by atoms with Gasteiger partial charge in [-0.1, -0.05) is 48.5 Å². The summed E-state index contributed by atoms with van der Waals surface area (Å²) < 4.78 is 107.